The van der Waals surface area contributed by atoms with Gasteiger partial charge >= 0.3 is 33.3 Å². The highest BCUT2D eigenvalue weighted by atomic mass is 32.2. The summed E-state index contributed by atoms with van der Waals surface area (Å²) in [6.07, 6.45) is -6.23. The van der Waals surface area contributed by atoms with Crippen molar-refractivity contribution in [3.05, 3.63) is 12.3 Å². The topological polar surface area (TPSA) is 57.6 Å². The average Bonchev–Trinajstić information content (AvgIpc) is 2.36. The van der Waals surface area contributed by atoms with Crippen LogP contribution in [0.15, 0.2) is 12.3 Å². The molecule has 0 aromatic rings. The molecule has 0 rings (SSSR count). The molecule has 1 N–H and O–H groups in total. The molecule has 0 bridgehead atoms. The molecule has 0 saturated heterocycles. The summed E-state index contributed by atoms with van der Waals surface area (Å²) in [7, 11) is -6.70. The minimum atomic E-state index is -7.32. The van der Waals surface area contributed by atoms with Crippen LogP contribution in [0, 0.1) is 0 Å². The van der Waals surface area contributed by atoms with Crippen molar-refractivity contribution in [1.29, 1.82) is 0 Å². The van der Waals surface area contributed by atoms with Gasteiger partial charge < -0.3 is 5.11 Å². The lowest BCUT2D eigenvalue weighted by Gasteiger charge is -2.35. The van der Waals surface area contributed by atoms with E-state index < -0.39 is 50.8 Å². The zero-order valence-corrected chi connectivity index (χ0v) is 11.9. The Kier molecular flexibility index (Phi) is 6.05. The van der Waals surface area contributed by atoms with Crippen molar-refractivity contribution in [3.63, 3.8) is 0 Å². The molecule has 0 atom stereocenters. The van der Waals surface area contributed by atoms with Gasteiger partial charge in [-0.2, -0.15) is 47.9 Å². The van der Waals surface area contributed by atoms with E-state index in [-0.39, 0.29) is 6.20 Å². The molecule has 0 fully saturated rings. The summed E-state index contributed by atoms with van der Waals surface area (Å²) >= 11 is 0. The van der Waals surface area contributed by atoms with Crippen LogP contribution < -0.4 is 0 Å². The monoisotopic (exact) mass is 383 g/mol. The minimum absolute atomic E-state index is 0.196. The maximum Gasteiger partial charge on any atom is 0.460 e. The van der Waals surface area contributed by atoms with Crippen molar-refractivity contribution in [2.24, 2.45) is 0 Å². The minimum Gasteiger partial charge on any atom is -0.394 e. The van der Waals surface area contributed by atoms with Gasteiger partial charge in [0, 0.05) is 6.20 Å². The molecule has 14 heteroatoms. The molecule has 0 spiro atoms. The molecule has 0 aliphatic heterocycles. The van der Waals surface area contributed by atoms with E-state index in [0.717, 1.165) is 6.92 Å². The molecule has 0 unspecified atom stereocenters. The summed E-state index contributed by atoms with van der Waals surface area (Å²) in [4.78, 5) is 0. The normalized spacial score (nSPS) is 15.3. The molecule has 0 aromatic carbocycles. The first-order chi connectivity index (χ1) is 10.0. The number of halogens is 9. The van der Waals surface area contributed by atoms with Crippen molar-refractivity contribution >= 4 is 10.0 Å². The summed E-state index contributed by atoms with van der Waals surface area (Å²) < 4.78 is 136. The number of aliphatic hydroxyl groups is 1. The van der Waals surface area contributed by atoms with Crippen LogP contribution >= 0.6 is 0 Å². The van der Waals surface area contributed by atoms with E-state index in [0.29, 0.717) is 6.08 Å². The number of alkyl halides is 9. The van der Waals surface area contributed by atoms with Gasteiger partial charge in [-0.15, -0.1) is 0 Å². The van der Waals surface area contributed by atoms with Gasteiger partial charge in [0.15, 0.2) is 0 Å². The Hall–Kier alpha value is -1.18. The molecule has 0 aromatic heterocycles. The smallest absolute Gasteiger partial charge is 0.394 e. The molecule has 0 aliphatic carbocycles. The van der Waals surface area contributed by atoms with Crippen LogP contribution in [0.2, 0.25) is 0 Å². The zero-order valence-electron chi connectivity index (χ0n) is 11.1. The molecule has 4 nitrogen and oxygen atoms in total. The van der Waals surface area contributed by atoms with Crippen LogP contribution in [0.1, 0.15) is 6.92 Å². The summed E-state index contributed by atoms with van der Waals surface area (Å²) in [5.41, 5.74) is 0. The lowest BCUT2D eigenvalue weighted by Crippen LogP contribution is -2.65. The third-order valence-corrected chi connectivity index (χ3v) is 4.21. The molecule has 23 heavy (non-hydrogen) atoms. The number of sulfonamides is 1. The second kappa shape index (κ2) is 6.37. The molecule has 0 radical (unpaired) electrons. The van der Waals surface area contributed by atoms with E-state index in [4.69, 9.17) is 5.11 Å². The molecule has 0 amide bonds. The number of hydrogen-bond acceptors (Lipinski definition) is 3. The third kappa shape index (κ3) is 3.36. The standard InChI is InChI=1S/C9H10F9NO3S/c1-2-3-19(4-5-20)23(21,22)9(17,18)7(12,13)6(10,11)8(14,15)16/h2-3,20H,4-5H2,1H3/b3-2+. The van der Waals surface area contributed by atoms with Gasteiger partial charge in [0.25, 0.3) is 0 Å². The van der Waals surface area contributed by atoms with Gasteiger partial charge in [-0.25, -0.2) is 0 Å². The van der Waals surface area contributed by atoms with Gasteiger partial charge in [0.05, 0.1) is 13.2 Å². The Morgan fingerprint density at radius 1 is 0.957 bits per heavy atom. The second-order valence-electron chi connectivity index (χ2n) is 3.99. The van der Waals surface area contributed by atoms with Crippen molar-refractivity contribution in [1.82, 2.24) is 4.31 Å². The van der Waals surface area contributed by atoms with E-state index >= 15 is 0 Å². The fraction of sp³-hybridized carbons (Fsp3) is 0.778. The predicted octanol–water partition coefficient (Wildman–Crippen LogP) is 2.57. The Morgan fingerprint density at radius 3 is 1.70 bits per heavy atom. The van der Waals surface area contributed by atoms with E-state index in [9.17, 15) is 47.9 Å². The Morgan fingerprint density at radius 2 is 1.39 bits per heavy atom. The predicted molar refractivity (Wildman–Crippen MR) is 58.4 cm³/mol. The van der Waals surface area contributed by atoms with Gasteiger partial charge in [0.1, 0.15) is 0 Å². The van der Waals surface area contributed by atoms with E-state index in [2.05, 4.69) is 0 Å². The first kappa shape index (κ1) is 21.8. The Balaban J connectivity index is 6.23. The first-order valence-electron chi connectivity index (χ1n) is 5.47. The van der Waals surface area contributed by atoms with Gasteiger partial charge in [0.2, 0.25) is 0 Å². The summed E-state index contributed by atoms with van der Waals surface area (Å²) in [5.74, 6) is -14.6. The Bertz CT molecular complexity index is 541. The van der Waals surface area contributed by atoms with Crippen molar-refractivity contribution in [2.75, 3.05) is 13.2 Å². The first-order valence-corrected chi connectivity index (χ1v) is 6.91. The zero-order chi connectivity index (χ0) is 18.9. The average molecular weight is 383 g/mol. The summed E-state index contributed by atoms with van der Waals surface area (Å²) in [6, 6.07) is 0. The summed E-state index contributed by atoms with van der Waals surface area (Å²) in [5, 5.41) is 1.67. The molecule has 0 saturated carbocycles. The number of nitrogens with zero attached hydrogens (tertiary/aromatic N) is 1. The third-order valence-electron chi connectivity index (χ3n) is 2.38. The second-order valence-corrected chi connectivity index (χ2v) is 5.92. The highest BCUT2D eigenvalue weighted by Crippen LogP contribution is 2.55. The van der Waals surface area contributed by atoms with Crippen LogP contribution in [-0.4, -0.2) is 54.3 Å². The van der Waals surface area contributed by atoms with Gasteiger partial charge in [-0.3, -0.25) is 4.31 Å². The molecular formula is C9H10F9NO3S. The van der Waals surface area contributed by atoms with Crippen molar-refractivity contribution in [3.8, 4) is 0 Å². The number of allylic oxidation sites excluding steroid dienone is 1. The van der Waals surface area contributed by atoms with Crippen LogP contribution in [0.5, 0.6) is 0 Å². The van der Waals surface area contributed by atoms with Crippen molar-refractivity contribution in [2.45, 2.75) is 30.2 Å². The summed E-state index contributed by atoms with van der Waals surface area (Å²) in [6.45, 7) is -1.45. The quantitative estimate of drug-likeness (QED) is 0.688. The van der Waals surface area contributed by atoms with E-state index in [1.54, 1.807) is 0 Å². The van der Waals surface area contributed by atoms with Crippen molar-refractivity contribution < 1.29 is 53.0 Å². The number of hydrogen-bond donors (Lipinski definition) is 1. The number of aliphatic hydroxyl groups excluding tert-OH is 1. The maximum absolute atomic E-state index is 13.4. The fourth-order valence-corrected chi connectivity index (χ4v) is 2.56. The highest BCUT2D eigenvalue weighted by Gasteiger charge is 2.85. The van der Waals surface area contributed by atoms with Crippen LogP contribution in [0.25, 0.3) is 0 Å². The molecule has 0 aliphatic rings. The van der Waals surface area contributed by atoms with E-state index in [1.807, 2.05) is 0 Å². The molecule has 138 valence electrons. The SMILES string of the molecule is C/C=C/N(CCO)S(=O)(=O)C(F)(F)C(F)(F)C(F)(F)C(F)(F)F. The van der Waals surface area contributed by atoms with Crippen LogP contribution in [0.4, 0.5) is 39.5 Å². The van der Waals surface area contributed by atoms with Gasteiger partial charge in [-0.1, -0.05) is 6.08 Å². The largest absolute Gasteiger partial charge is 0.460 e. The molecular weight excluding hydrogens is 373 g/mol. The lowest BCUT2D eigenvalue weighted by molar-refractivity contribution is -0.382. The fourth-order valence-electron chi connectivity index (χ4n) is 1.21. The highest BCUT2D eigenvalue weighted by molar-refractivity contribution is 7.90. The van der Waals surface area contributed by atoms with Gasteiger partial charge in [-0.05, 0) is 6.92 Å². The Labute approximate surface area is 124 Å². The molecule has 0 heterocycles. The van der Waals surface area contributed by atoms with Crippen LogP contribution in [0.3, 0.4) is 0 Å². The van der Waals surface area contributed by atoms with Crippen LogP contribution in [-0.2, 0) is 10.0 Å². The number of rotatable bonds is 7. The maximum atomic E-state index is 13.4. The lowest BCUT2D eigenvalue weighted by atomic mass is 10.1. The van der Waals surface area contributed by atoms with E-state index in [1.165, 1.54) is 0 Å².